The van der Waals surface area contributed by atoms with Gasteiger partial charge in [-0.05, 0) is 37.9 Å². The van der Waals surface area contributed by atoms with Gasteiger partial charge in [-0.1, -0.05) is 0 Å². The van der Waals surface area contributed by atoms with E-state index in [2.05, 4.69) is 10.6 Å². The van der Waals surface area contributed by atoms with Crippen molar-refractivity contribution in [2.24, 2.45) is 0 Å². The van der Waals surface area contributed by atoms with Crippen LogP contribution < -0.4 is 15.4 Å². The molecule has 1 aliphatic rings. The molecule has 2 rings (SSSR count). The van der Waals surface area contributed by atoms with Crippen LogP contribution in [0.5, 0.6) is 5.75 Å². The zero-order valence-electron chi connectivity index (χ0n) is 10.1. The van der Waals surface area contributed by atoms with Crippen molar-refractivity contribution in [2.75, 3.05) is 25.5 Å². The van der Waals surface area contributed by atoms with Crippen LogP contribution in [-0.2, 0) is 0 Å². The second-order valence-corrected chi connectivity index (χ2v) is 4.36. The lowest BCUT2D eigenvalue weighted by atomic mass is 10.1. The number of methoxy groups -OCH3 is 1. The first-order chi connectivity index (χ1) is 8.29. The Morgan fingerprint density at radius 1 is 1.53 bits per heavy atom. The minimum absolute atomic E-state index is 0.285. The third kappa shape index (κ3) is 3.33. The Hall–Kier alpha value is -1.29. The monoisotopic (exact) mass is 238 g/mol. The Bertz CT molecular complexity index is 364. The van der Waals surface area contributed by atoms with Gasteiger partial charge in [0.1, 0.15) is 0 Å². The molecule has 1 unspecified atom stereocenters. The van der Waals surface area contributed by atoms with Crippen LogP contribution >= 0.6 is 0 Å². The summed E-state index contributed by atoms with van der Waals surface area (Å²) in [5, 5.41) is 6.67. The van der Waals surface area contributed by atoms with Gasteiger partial charge in [0.05, 0.1) is 7.11 Å². The summed E-state index contributed by atoms with van der Waals surface area (Å²) in [7, 11) is 1.47. The van der Waals surface area contributed by atoms with Gasteiger partial charge in [0.15, 0.2) is 11.6 Å². The SMILES string of the molecule is COc1ccc(NCCC2CCCN2)cc1F. The summed E-state index contributed by atoms with van der Waals surface area (Å²) in [5.41, 5.74) is 0.807. The Morgan fingerprint density at radius 3 is 3.06 bits per heavy atom. The first-order valence-corrected chi connectivity index (χ1v) is 6.10. The van der Waals surface area contributed by atoms with Crippen molar-refractivity contribution in [3.05, 3.63) is 24.0 Å². The lowest BCUT2D eigenvalue weighted by Gasteiger charge is -2.12. The van der Waals surface area contributed by atoms with E-state index in [1.54, 1.807) is 6.07 Å². The Labute approximate surface area is 101 Å². The smallest absolute Gasteiger partial charge is 0.167 e. The van der Waals surface area contributed by atoms with E-state index in [0.29, 0.717) is 6.04 Å². The number of ether oxygens (including phenoxy) is 1. The van der Waals surface area contributed by atoms with Crippen molar-refractivity contribution >= 4 is 5.69 Å². The topological polar surface area (TPSA) is 33.3 Å². The van der Waals surface area contributed by atoms with Gasteiger partial charge in [0, 0.05) is 24.3 Å². The minimum atomic E-state index is -0.323. The minimum Gasteiger partial charge on any atom is -0.494 e. The lowest BCUT2D eigenvalue weighted by molar-refractivity contribution is 0.386. The fourth-order valence-electron chi connectivity index (χ4n) is 2.17. The Kier molecular flexibility index (Phi) is 4.20. The second kappa shape index (κ2) is 5.87. The van der Waals surface area contributed by atoms with Crippen LogP contribution in [-0.4, -0.2) is 26.2 Å². The predicted molar refractivity (Wildman–Crippen MR) is 67.1 cm³/mol. The molecule has 2 N–H and O–H groups in total. The van der Waals surface area contributed by atoms with Gasteiger partial charge in [-0.25, -0.2) is 4.39 Å². The molecule has 0 aliphatic carbocycles. The quantitative estimate of drug-likeness (QED) is 0.826. The number of anilines is 1. The van der Waals surface area contributed by atoms with Gasteiger partial charge in [-0.2, -0.15) is 0 Å². The van der Waals surface area contributed by atoms with Gasteiger partial charge < -0.3 is 15.4 Å². The first-order valence-electron chi connectivity index (χ1n) is 6.10. The van der Waals surface area contributed by atoms with Gasteiger partial charge in [-0.3, -0.25) is 0 Å². The molecule has 1 aromatic carbocycles. The van der Waals surface area contributed by atoms with Crippen molar-refractivity contribution in [3.8, 4) is 5.75 Å². The second-order valence-electron chi connectivity index (χ2n) is 4.36. The highest BCUT2D eigenvalue weighted by Gasteiger charge is 2.13. The van der Waals surface area contributed by atoms with Crippen LogP contribution in [0.3, 0.4) is 0 Å². The number of nitrogens with one attached hydrogen (secondary N) is 2. The summed E-state index contributed by atoms with van der Waals surface area (Å²) in [5.74, 6) is -0.0375. The van der Waals surface area contributed by atoms with Crippen molar-refractivity contribution in [2.45, 2.75) is 25.3 Å². The molecule has 1 fully saturated rings. The molecule has 1 atom stereocenters. The van der Waals surface area contributed by atoms with Crippen LogP contribution in [0.25, 0.3) is 0 Å². The zero-order valence-corrected chi connectivity index (χ0v) is 10.1. The maximum Gasteiger partial charge on any atom is 0.167 e. The van der Waals surface area contributed by atoms with E-state index in [1.807, 2.05) is 6.07 Å². The molecule has 0 amide bonds. The van der Waals surface area contributed by atoms with Crippen molar-refractivity contribution < 1.29 is 9.13 Å². The Balaban J connectivity index is 1.80. The molecule has 0 radical (unpaired) electrons. The molecule has 0 spiro atoms. The summed E-state index contributed by atoms with van der Waals surface area (Å²) in [6.45, 7) is 1.99. The third-order valence-electron chi connectivity index (χ3n) is 3.14. The van der Waals surface area contributed by atoms with E-state index in [-0.39, 0.29) is 11.6 Å². The van der Waals surface area contributed by atoms with Crippen molar-refractivity contribution in [1.82, 2.24) is 5.32 Å². The van der Waals surface area contributed by atoms with E-state index >= 15 is 0 Å². The van der Waals surface area contributed by atoms with Crippen molar-refractivity contribution in [1.29, 1.82) is 0 Å². The first kappa shape index (κ1) is 12.2. The molecule has 17 heavy (non-hydrogen) atoms. The van der Waals surface area contributed by atoms with Gasteiger partial charge >= 0.3 is 0 Å². The van der Waals surface area contributed by atoms with Crippen LogP contribution in [0.15, 0.2) is 18.2 Å². The molecular formula is C13H19FN2O. The number of halogens is 1. The molecular weight excluding hydrogens is 219 g/mol. The van der Waals surface area contributed by atoms with Gasteiger partial charge in [0.2, 0.25) is 0 Å². The van der Waals surface area contributed by atoms with E-state index in [4.69, 9.17) is 4.74 Å². The van der Waals surface area contributed by atoms with E-state index < -0.39 is 0 Å². The molecule has 94 valence electrons. The van der Waals surface area contributed by atoms with Gasteiger partial charge in [-0.15, -0.1) is 0 Å². The molecule has 0 aromatic heterocycles. The number of hydrogen-bond acceptors (Lipinski definition) is 3. The number of benzene rings is 1. The van der Waals surface area contributed by atoms with Crippen LogP contribution in [0.4, 0.5) is 10.1 Å². The average molecular weight is 238 g/mol. The van der Waals surface area contributed by atoms with E-state index in [1.165, 1.54) is 26.0 Å². The largest absolute Gasteiger partial charge is 0.494 e. The average Bonchev–Trinajstić information content (AvgIpc) is 2.82. The molecule has 4 heteroatoms. The van der Waals surface area contributed by atoms with Crippen LogP contribution in [0.2, 0.25) is 0 Å². The number of rotatable bonds is 5. The number of hydrogen-bond donors (Lipinski definition) is 2. The summed E-state index contributed by atoms with van der Waals surface area (Å²) in [6.07, 6.45) is 3.59. The van der Waals surface area contributed by atoms with Crippen LogP contribution in [0.1, 0.15) is 19.3 Å². The highest BCUT2D eigenvalue weighted by molar-refractivity contribution is 5.47. The zero-order chi connectivity index (χ0) is 12.1. The molecule has 0 bridgehead atoms. The van der Waals surface area contributed by atoms with E-state index in [0.717, 1.165) is 25.2 Å². The molecule has 1 aliphatic heterocycles. The summed E-state index contributed by atoms with van der Waals surface area (Å²) >= 11 is 0. The summed E-state index contributed by atoms with van der Waals surface area (Å²) < 4.78 is 18.3. The van der Waals surface area contributed by atoms with Crippen LogP contribution in [0, 0.1) is 5.82 Å². The summed E-state index contributed by atoms with van der Waals surface area (Å²) in [4.78, 5) is 0. The standard InChI is InChI=1S/C13H19FN2O/c1-17-13-5-4-11(9-12(13)14)16-8-6-10-3-2-7-15-10/h4-5,9-10,15-16H,2-3,6-8H2,1H3. The van der Waals surface area contributed by atoms with Gasteiger partial charge in [0.25, 0.3) is 0 Å². The highest BCUT2D eigenvalue weighted by Crippen LogP contribution is 2.20. The Morgan fingerprint density at radius 2 is 2.41 bits per heavy atom. The maximum atomic E-state index is 13.4. The van der Waals surface area contributed by atoms with Crippen molar-refractivity contribution in [3.63, 3.8) is 0 Å². The molecule has 1 saturated heterocycles. The summed E-state index contributed by atoms with van der Waals surface area (Å²) in [6, 6.07) is 5.57. The molecule has 3 nitrogen and oxygen atoms in total. The maximum absolute atomic E-state index is 13.4. The molecule has 1 aromatic rings. The molecule has 1 heterocycles. The predicted octanol–water partition coefficient (Wildman–Crippen LogP) is 2.39. The third-order valence-corrected chi connectivity index (χ3v) is 3.14. The lowest BCUT2D eigenvalue weighted by Crippen LogP contribution is -2.24. The normalized spacial score (nSPS) is 19.3. The highest BCUT2D eigenvalue weighted by atomic mass is 19.1. The van der Waals surface area contributed by atoms with E-state index in [9.17, 15) is 4.39 Å². The molecule has 0 saturated carbocycles. The fourth-order valence-corrected chi connectivity index (χ4v) is 2.17. The fraction of sp³-hybridized carbons (Fsp3) is 0.538.